The highest BCUT2D eigenvalue weighted by atomic mass is 19.4. The molecule has 0 bridgehead atoms. The number of benzene rings is 1. The molecule has 2 heterocycles. The van der Waals surface area contributed by atoms with Crippen molar-refractivity contribution in [3.8, 4) is 16.9 Å². The summed E-state index contributed by atoms with van der Waals surface area (Å²) in [5, 5.41) is 3.41. The van der Waals surface area contributed by atoms with Crippen molar-refractivity contribution in [1.82, 2.24) is 19.7 Å². The maximum atomic E-state index is 12.6. The normalized spacial score (nSPS) is 11.6. The Kier molecular flexibility index (Phi) is 3.28. The molecule has 0 saturated heterocycles. The summed E-state index contributed by atoms with van der Waals surface area (Å²) in [7, 11) is 0. The van der Waals surface area contributed by atoms with Crippen molar-refractivity contribution in [3.63, 3.8) is 0 Å². The number of nitrogens with zero attached hydrogens (tertiary/aromatic N) is 4. The second kappa shape index (κ2) is 5.14. The van der Waals surface area contributed by atoms with Crippen molar-refractivity contribution in [3.05, 3.63) is 54.5 Å². The molecule has 2 aromatic heterocycles. The Balaban J connectivity index is 2.05. The van der Waals surface area contributed by atoms with Crippen LogP contribution in [-0.4, -0.2) is 19.7 Å². The molecule has 3 rings (SSSR count). The van der Waals surface area contributed by atoms with Gasteiger partial charge in [0.1, 0.15) is 0 Å². The number of aromatic nitrogens is 4. The minimum atomic E-state index is -4.64. The van der Waals surface area contributed by atoms with Crippen LogP contribution in [0.1, 0.15) is 5.82 Å². The first-order valence-electron chi connectivity index (χ1n) is 6.27. The van der Waals surface area contributed by atoms with E-state index in [0.717, 1.165) is 10.2 Å². The Morgan fingerprint density at radius 3 is 2.41 bits per heavy atom. The lowest BCUT2D eigenvalue weighted by atomic mass is 10.1. The Morgan fingerprint density at radius 2 is 1.77 bits per heavy atom. The van der Waals surface area contributed by atoms with Crippen LogP contribution in [0.25, 0.3) is 16.9 Å². The van der Waals surface area contributed by atoms with Crippen LogP contribution in [0, 0.1) is 0 Å². The summed E-state index contributed by atoms with van der Waals surface area (Å²) in [6, 6.07) is 12.3. The van der Waals surface area contributed by atoms with E-state index in [4.69, 9.17) is 5.73 Å². The Hall–Kier alpha value is -2.90. The van der Waals surface area contributed by atoms with E-state index in [1.54, 1.807) is 6.07 Å². The Morgan fingerprint density at radius 1 is 1.05 bits per heavy atom. The number of nitrogens with two attached hydrogens (primary N) is 1. The van der Waals surface area contributed by atoms with E-state index in [9.17, 15) is 13.2 Å². The summed E-state index contributed by atoms with van der Waals surface area (Å²) in [4.78, 5) is 7.44. The van der Waals surface area contributed by atoms with Gasteiger partial charge in [0.25, 0.3) is 5.82 Å². The second-order valence-electron chi connectivity index (χ2n) is 4.47. The zero-order valence-corrected chi connectivity index (χ0v) is 11.1. The van der Waals surface area contributed by atoms with Crippen LogP contribution < -0.4 is 5.73 Å². The topological polar surface area (TPSA) is 69.6 Å². The van der Waals surface area contributed by atoms with Crippen LogP contribution in [0.5, 0.6) is 0 Å². The van der Waals surface area contributed by atoms with Gasteiger partial charge in [0.05, 0.1) is 11.4 Å². The number of pyridine rings is 1. The molecule has 112 valence electrons. The fourth-order valence-corrected chi connectivity index (χ4v) is 1.95. The molecule has 0 aliphatic carbocycles. The van der Waals surface area contributed by atoms with Crippen molar-refractivity contribution in [2.24, 2.45) is 0 Å². The molecule has 0 radical (unpaired) electrons. The smallest absolute Gasteiger partial charge is 0.368 e. The summed E-state index contributed by atoms with van der Waals surface area (Å²) in [6.45, 7) is 0. The minimum Gasteiger partial charge on any atom is -0.368 e. The first-order valence-corrected chi connectivity index (χ1v) is 6.27. The Labute approximate surface area is 123 Å². The van der Waals surface area contributed by atoms with Gasteiger partial charge in [-0.25, -0.2) is 0 Å². The molecule has 0 fully saturated rings. The van der Waals surface area contributed by atoms with Gasteiger partial charge < -0.3 is 5.73 Å². The predicted octanol–water partition coefficient (Wildman–Crippen LogP) is 2.93. The van der Waals surface area contributed by atoms with Crippen LogP contribution in [0.4, 0.5) is 19.1 Å². The summed E-state index contributed by atoms with van der Waals surface area (Å²) >= 11 is 0. The van der Waals surface area contributed by atoms with Crippen molar-refractivity contribution in [2.45, 2.75) is 6.18 Å². The molecule has 3 aromatic rings. The van der Waals surface area contributed by atoms with Gasteiger partial charge in [-0.2, -0.15) is 22.8 Å². The third kappa shape index (κ3) is 2.62. The Bertz CT molecular complexity index is 796. The summed E-state index contributed by atoms with van der Waals surface area (Å²) in [5.74, 6) is -1.61. The molecule has 0 aliphatic heterocycles. The fraction of sp³-hybridized carbons (Fsp3) is 0.0714. The molecular formula is C14H10F3N5. The fourth-order valence-electron chi connectivity index (χ4n) is 1.95. The lowest BCUT2D eigenvalue weighted by Gasteiger charge is -2.05. The molecule has 0 unspecified atom stereocenters. The lowest BCUT2D eigenvalue weighted by Crippen LogP contribution is -2.08. The molecule has 0 atom stereocenters. The van der Waals surface area contributed by atoms with Crippen molar-refractivity contribution >= 4 is 5.95 Å². The second-order valence-corrected chi connectivity index (χ2v) is 4.47. The quantitative estimate of drug-likeness (QED) is 0.790. The predicted molar refractivity (Wildman–Crippen MR) is 74.0 cm³/mol. The molecule has 0 amide bonds. The maximum absolute atomic E-state index is 12.6. The van der Waals surface area contributed by atoms with Crippen LogP contribution in [0.3, 0.4) is 0 Å². The number of halogens is 3. The summed E-state index contributed by atoms with van der Waals surface area (Å²) in [6.07, 6.45) is -3.17. The van der Waals surface area contributed by atoms with Gasteiger partial charge in [0.15, 0.2) is 0 Å². The molecule has 8 heteroatoms. The van der Waals surface area contributed by atoms with Gasteiger partial charge in [-0.05, 0) is 12.1 Å². The standard InChI is InChI=1S/C14H10F3N5/c15-14(16,17)12-20-13(18)22(21-12)10-6-7-19-11(8-10)9-4-2-1-3-5-9/h1-8H,(H2,18,20,21). The monoisotopic (exact) mass is 305 g/mol. The molecule has 22 heavy (non-hydrogen) atoms. The van der Waals surface area contributed by atoms with Gasteiger partial charge in [0, 0.05) is 11.8 Å². The SMILES string of the molecule is Nc1nc(C(F)(F)F)nn1-c1ccnc(-c2ccccc2)c1. The highest BCUT2D eigenvalue weighted by Gasteiger charge is 2.37. The van der Waals surface area contributed by atoms with Crippen LogP contribution in [-0.2, 0) is 6.18 Å². The van der Waals surface area contributed by atoms with Gasteiger partial charge in [-0.3, -0.25) is 4.98 Å². The summed E-state index contributed by atoms with van der Waals surface area (Å²) < 4.78 is 38.8. The van der Waals surface area contributed by atoms with E-state index in [0.29, 0.717) is 11.4 Å². The molecule has 0 aliphatic rings. The van der Waals surface area contributed by atoms with Crippen molar-refractivity contribution in [1.29, 1.82) is 0 Å². The number of hydrogen-bond donors (Lipinski definition) is 1. The first-order chi connectivity index (χ1) is 10.4. The van der Waals surface area contributed by atoms with Crippen LogP contribution in [0.15, 0.2) is 48.7 Å². The average Bonchev–Trinajstić information content (AvgIpc) is 2.90. The summed E-state index contributed by atoms with van der Waals surface area (Å²) in [5.41, 5.74) is 7.31. The van der Waals surface area contributed by atoms with E-state index < -0.39 is 12.0 Å². The van der Waals surface area contributed by atoms with E-state index in [2.05, 4.69) is 15.1 Å². The zero-order chi connectivity index (χ0) is 15.7. The number of alkyl halides is 3. The third-order valence-electron chi connectivity index (χ3n) is 2.94. The van der Waals surface area contributed by atoms with E-state index >= 15 is 0 Å². The third-order valence-corrected chi connectivity index (χ3v) is 2.94. The van der Waals surface area contributed by atoms with E-state index in [1.165, 1.54) is 12.3 Å². The molecule has 1 aromatic carbocycles. The van der Waals surface area contributed by atoms with Gasteiger partial charge in [-0.1, -0.05) is 30.3 Å². The molecular weight excluding hydrogens is 295 g/mol. The molecule has 0 saturated carbocycles. The maximum Gasteiger partial charge on any atom is 0.453 e. The average molecular weight is 305 g/mol. The first kappa shape index (κ1) is 14.1. The molecule has 0 spiro atoms. The zero-order valence-electron chi connectivity index (χ0n) is 11.1. The number of nitrogen functional groups attached to an aromatic ring is 1. The van der Waals surface area contributed by atoms with Gasteiger partial charge >= 0.3 is 6.18 Å². The lowest BCUT2D eigenvalue weighted by molar-refractivity contribution is -0.144. The van der Waals surface area contributed by atoms with Crippen molar-refractivity contribution < 1.29 is 13.2 Å². The molecule has 2 N–H and O–H groups in total. The largest absolute Gasteiger partial charge is 0.453 e. The highest BCUT2D eigenvalue weighted by Crippen LogP contribution is 2.28. The van der Waals surface area contributed by atoms with Gasteiger partial charge in [0.2, 0.25) is 5.95 Å². The minimum absolute atomic E-state index is 0.336. The number of rotatable bonds is 2. The highest BCUT2D eigenvalue weighted by molar-refractivity contribution is 5.61. The van der Waals surface area contributed by atoms with E-state index in [1.807, 2.05) is 30.3 Å². The van der Waals surface area contributed by atoms with E-state index in [-0.39, 0.29) is 5.95 Å². The van der Waals surface area contributed by atoms with Crippen LogP contribution in [0.2, 0.25) is 0 Å². The van der Waals surface area contributed by atoms with Gasteiger partial charge in [-0.15, -0.1) is 5.10 Å². The number of hydrogen-bond acceptors (Lipinski definition) is 4. The van der Waals surface area contributed by atoms with Crippen molar-refractivity contribution in [2.75, 3.05) is 5.73 Å². The number of anilines is 1. The van der Waals surface area contributed by atoms with Crippen LogP contribution >= 0.6 is 0 Å². The molecule has 5 nitrogen and oxygen atoms in total.